The molecule has 0 unspecified atom stereocenters. The highest BCUT2D eigenvalue weighted by molar-refractivity contribution is 5.61. The van der Waals surface area contributed by atoms with E-state index >= 15 is 0 Å². The first-order chi connectivity index (χ1) is 10.2. The number of methoxy groups -OCH3 is 1. The Bertz CT molecular complexity index is 587. The third kappa shape index (κ3) is 3.89. The van der Waals surface area contributed by atoms with Gasteiger partial charge in [0.2, 0.25) is 5.82 Å². The molecule has 9 heteroatoms. The summed E-state index contributed by atoms with van der Waals surface area (Å²) in [6.07, 6.45) is 2.71. The van der Waals surface area contributed by atoms with Crippen molar-refractivity contribution in [2.45, 2.75) is 6.54 Å². The highest BCUT2D eigenvalue weighted by Gasteiger charge is 2.24. The Hall–Kier alpha value is -2.68. The molecular formula is C12H14N4O5. The molecule has 0 aliphatic carbocycles. The van der Waals surface area contributed by atoms with Crippen LogP contribution in [0.1, 0.15) is 5.76 Å². The van der Waals surface area contributed by atoms with Gasteiger partial charge in [-0.1, -0.05) is 0 Å². The summed E-state index contributed by atoms with van der Waals surface area (Å²) in [4.78, 5) is 18.3. The molecule has 0 aliphatic rings. The van der Waals surface area contributed by atoms with E-state index in [1.54, 1.807) is 12.1 Å². The fourth-order valence-electron chi connectivity index (χ4n) is 1.57. The second-order valence-electron chi connectivity index (χ2n) is 3.91. The van der Waals surface area contributed by atoms with Gasteiger partial charge in [-0.25, -0.2) is 4.98 Å². The van der Waals surface area contributed by atoms with Crippen LogP contribution in [0.3, 0.4) is 0 Å². The van der Waals surface area contributed by atoms with Crippen LogP contribution in [0.4, 0.5) is 11.5 Å². The number of nitro groups is 1. The van der Waals surface area contributed by atoms with E-state index in [9.17, 15) is 10.1 Å². The van der Waals surface area contributed by atoms with Crippen LogP contribution < -0.4 is 10.1 Å². The van der Waals surface area contributed by atoms with Crippen molar-refractivity contribution in [3.63, 3.8) is 0 Å². The molecule has 2 aromatic rings. The summed E-state index contributed by atoms with van der Waals surface area (Å²) in [5.41, 5.74) is -0.319. The van der Waals surface area contributed by atoms with Crippen molar-refractivity contribution >= 4 is 11.5 Å². The summed E-state index contributed by atoms with van der Waals surface area (Å²) in [5.74, 6) is 0.595. The Morgan fingerprint density at radius 2 is 2.29 bits per heavy atom. The van der Waals surface area contributed by atoms with Gasteiger partial charge in [0.15, 0.2) is 0 Å². The van der Waals surface area contributed by atoms with Crippen LogP contribution in [-0.4, -0.2) is 35.2 Å². The predicted molar refractivity (Wildman–Crippen MR) is 72.1 cm³/mol. The molecule has 0 radical (unpaired) electrons. The molecule has 0 bridgehead atoms. The molecule has 112 valence electrons. The molecule has 0 aliphatic heterocycles. The number of rotatable bonds is 8. The van der Waals surface area contributed by atoms with Gasteiger partial charge in [-0.15, -0.1) is 0 Å². The average molecular weight is 294 g/mol. The number of anilines is 1. The molecule has 2 aromatic heterocycles. The van der Waals surface area contributed by atoms with Crippen molar-refractivity contribution < 1.29 is 18.8 Å². The number of nitrogens with one attached hydrogen (secondary N) is 1. The lowest BCUT2D eigenvalue weighted by Gasteiger charge is -2.08. The van der Waals surface area contributed by atoms with E-state index in [1.807, 2.05) is 0 Å². The van der Waals surface area contributed by atoms with Crippen molar-refractivity contribution in [3.8, 4) is 5.88 Å². The minimum absolute atomic E-state index is 0.0683. The summed E-state index contributed by atoms with van der Waals surface area (Å²) in [5, 5.41) is 14.0. The van der Waals surface area contributed by atoms with Gasteiger partial charge in [0, 0.05) is 7.11 Å². The minimum atomic E-state index is -0.591. The predicted octanol–water partition coefficient (Wildman–Crippen LogP) is 1.62. The third-order valence-electron chi connectivity index (χ3n) is 2.51. The van der Waals surface area contributed by atoms with Crippen LogP contribution in [0.15, 0.2) is 29.1 Å². The Balaban J connectivity index is 2.15. The van der Waals surface area contributed by atoms with E-state index in [1.165, 1.54) is 19.7 Å². The maximum atomic E-state index is 11.2. The molecule has 0 saturated carbocycles. The van der Waals surface area contributed by atoms with Gasteiger partial charge in [-0.05, 0) is 12.1 Å². The first-order valence-electron chi connectivity index (χ1n) is 6.09. The van der Waals surface area contributed by atoms with E-state index in [4.69, 9.17) is 13.9 Å². The highest BCUT2D eigenvalue weighted by atomic mass is 16.6. The molecule has 0 atom stereocenters. The highest BCUT2D eigenvalue weighted by Crippen LogP contribution is 2.30. The Morgan fingerprint density at radius 3 is 2.95 bits per heavy atom. The first kappa shape index (κ1) is 14.7. The monoisotopic (exact) mass is 294 g/mol. The standard InChI is InChI=1S/C12H14N4O5/c1-19-5-6-21-12-10(16(17)18)11(14-8-15-12)13-7-9-3-2-4-20-9/h2-4,8H,5-7H2,1H3,(H,13,14,15). The number of hydrogen-bond acceptors (Lipinski definition) is 8. The molecule has 1 N–H and O–H groups in total. The summed E-state index contributed by atoms with van der Waals surface area (Å²) in [6, 6.07) is 3.47. The second kappa shape index (κ2) is 7.20. The smallest absolute Gasteiger partial charge is 0.372 e. The molecule has 9 nitrogen and oxygen atoms in total. The zero-order valence-electron chi connectivity index (χ0n) is 11.3. The van der Waals surface area contributed by atoms with Gasteiger partial charge in [0.25, 0.3) is 5.88 Å². The van der Waals surface area contributed by atoms with Crippen LogP contribution in [0.2, 0.25) is 0 Å². The second-order valence-corrected chi connectivity index (χ2v) is 3.91. The van der Waals surface area contributed by atoms with Crippen molar-refractivity contribution in [1.82, 2.24) is 9.97 Å². The van der Waals surface area contributed by atoms with Crippen molar-refractivity contribution in [2.24, 2.45) is 0 Å². The fourth-order valence-corrected chi connectivity index (χ4v) is 1.57. The van der Waals surface area contributed by atoms with Crippen molar-refractivity contribution in [2.75, 3.05) is 25.6 Å². The molecule has 0 amide bonds. The topological polar surface area (TPSA) is 113 Å². The quantitative estimate of drug-likeness (QED) is 0.444. The zero-order chi connectivity index (χ0) is 15.1. The van der Waals surface area contributed by atoms with Gasteiger partial charge in [-0.2, -0.15) is 4.98 Å². The van der Waals surface area contributed by atoms with Crippen LogP contribution in [0.5, 0.6) is 5.88 Å². The number of furan rings is 1. The molecule has 2 rings (SSSR count). The SMILES string of the molecule is COCCOc1ncnc(NCc2ccco2)c1[N+](=O)[O-]. The summed E-state index contributed by atoms with van der Waals surface area (Å²) in [7, 11) is 1.51. The number of hydrogen-bond donors (Lipinski definition) is 1. The van der Waals surface area contributed by atoms with E-state index in [0.29, 0.717) is 12.4 Å². The number of ether oxygens (including phenoxy) is 2. The van der Waals surface area contributed by atoms with Crippen molar-refractivity contribution in [3.05, 3.63) is 40.6 Å². The lowest BCUT2D eigenvalue weighted by atomic mass is 10.4. The van der Waals surface area contributed by atoms with Crippen molar-refractivity contribution in [1.29, 1.82) is 0 Å². The summed E-state index contributed by atoms with van der Waals surface area (Å²) >= 11 is 0. The maximum Gasteiger partial charge on any atom is 0.372 e. The number of nitrogens with zero attached hydrogens (tertiary/aromatic N) is 3. The molecule has 0 spiro atoms. The van der Waals surface area contributed by atoms with Crippen LogP contribution >= 0.6 is 0 Å². The van der Waals surface area contributed by atoms with Gasteiger partial charge in [0.05, 0.1) is 24.3 Å². The van der Waals surface area contributed by atoms with E-state index in [2.05, 4.69) is 15.3 Å². The Morgan fingerprint density at radius 1 is 1.43 bits per heavy atom. The van der Waals surface area contributed by atoms with Gasteiger partial charge >= 0.3 is 5.69 Å². The fraction of sp³-hybridized carbons (Fsp3) is 0.333. The van der Waals surface area contributed by atoms with Gasteiger partial charge in [-0.3, -0.25) is 10.1 Å². The normalized spacial score (nSPS) is 10.3. The zero-order valence-corrected chi connectivity index (χ0v) is 11.3. The Labute approximate surface area is 120 Å². The lowest BCUT2D eigenvalue weighted by molar-refractivity contribution is -0.385. The number of aromatic nitrogens is 2. The van der Waals surface area contributed by atoms with E-state index in [0.717, 1.165) is 0 Å². The van der Waals surface area contributed by atoms with Crippen LogP contribution in [0.25, 0.3) is 0 Å². The first-order valence-corrected chi connectivity index (χ1v) is 6.09. The van der Waals surface area contributed by atoms with Crippen LogP contribution in [0, 0.1) is 10.1 Å². The van der Waals surface area contributed by atoms with Gasteiger partial charge in [0.1, 0.15) is 18.7 Å². The molecular weight excluding hydrogens is 280 g/mol. The van der Waals surface area contributed by atoms with Crippen LogP contribution in [-0.2, 0) is 11.3 Å². The molecule has 0 saturated heterocycles. The molecule has 0 fully saturated rings. The molecule has 2 heterocycles. The molecule has 0 aromatic carbocycles. The summed E-state index contributed by atoms with van der Waals surface area (Å²) < 4.78 is 15.2. The van der Waals surface area contributed by atoms with E-state index < -0.39 is 4.92 Å². The third-order valence-corrected chi connectivity index (χ3v) is 2.51. The largest absolute Gasteiger partial charge is 0.470 e. The Kier molecular flexibility index (Phi) is 5.04. The summed E-state index contributed by atoms with van der Waals surface area (Å²) in [6.45, 7) is 0.727. The minimum Gasteiger partial charge on any atom is -0.470 e. The van der Waals surface area contributed by atoms with Gasteiger partial charge < -0.3 is 19.2 Å². The lowest BCUT2D eigenvalue weighted by Crippen LogP contribution is -2.10. The average Bonchev–Trinajstić information content (AvgIpc) is 2.98. The maximum absolute atomic E-state index is 11.2. The molecule has 21 heavy (non-hydrogen) atoms. The van der Waals surface area contributed by atoms with E-state index in [-0.39, 0.29) is 30.5 Å².